The molecule has 0 saturated heterocycles. The summed E-state index contributed by atoms with van der Waals surface area (Å²) >= 11 is 0. The topological polar surface area (TPSA) is 57.5 Å². The quantitative estimate of drug-likeness (QED) is 0.405. The normalized spacial score (nSPS) is 8.43. The van der Waals surface area contributed by atoms with Crippen LogP contribution in [0.15, 0.2) is 0 Å². The van der Waals surface area contributed by atoms with Crippen molar-refractivity contribution in [3.8, 4) is 0 Å². The second-order valence-corrected chi connectivity index (χ2v) is 1.42. The van der Waals surface area contributed by atoms with Gasteiger partial charge < -0.3 is 0 Å². The van der Waals surface area contributed by atoms with Crippen LogP contribution in [0.4, 0.5) is 4.20 Å². The Morgan fingerprint density at radius 3 is 1.43 bits per heavy atom. The Kier molecular flexibility index (Phi) is 11.4. The van der Waals surface area contributed by atoms with E-state index in [9.17, 15) is 4.20 Å². The van der Waals surface area contributed by atoms with E-state index in [-0.39, 0.29) is 32.3 Å². The summed E-state index contributed by atoms with van der Waals surface area (Å²) in [5.74, 6) is 0. The second kappa shape index (κ2) is 5.09. The molecule has 0 aliphatic heterocycles. The maximum atomic E-state index is 10.4. The average Bonchev–Trinajstić information content (AvgIpc) is 0.722. The van der Waals surface area contributed by atoms with Gasteiger partial charge in [-0.2, -0.15) is 0 Å². The van der Waals surface area contributed by atoms with Gasteiger partial charge in [-0.05, 0) is 0 Å². The summed E-state index contributed by atoms with van der Waals surface area (Å²) in [5.41, 5.74) is 0. The molecule has 7 heavy (non-hydrogen) atoms. The number of rotatable bonds is 0. The zero-order valence-corrected chi connectivity index (χ0v) is 8.34. The van der Waals surface area contributed by atoms with E-state index in [4.69, 9.17) is 14.4 Å². The summed E-state index contributed by atoms with van der Waals surface area (Å²) in [4.78, 5) is 13.9. The molecule has 3 nitrogen and oxygen atoms in total. The molecule has 0 heterocycles. The Bertz CT molecular complexity index is 61.1. The maximum absolute atomic E-state index is 10.4. The van der Waals surface area contributed by atoms with E-state index in [1.54, 1.807) is 0 Å². The van der Waals surface area contributed by atoms with Crippen LogP contribution in [0.5, 0.6) is 0 Å². The fourth-order valence-corrected chi connectivity index (χ4v) is 0. The summed E-state index contributed by atoms with van der Waals surface area (Å²) in [6, 6.07) is 0. The molecule has 0 aliphatic carbocycles. The standard InChI is InChI=1S/B.FH2O3P.Sn.2H/c;1-5(2,3)4;;;/h;(H2,2,3,4);;;. The molecule has 0 saturated carbocycles. The van der Waals surface area contributed by atoms with Crippen LogP contribution in [-0.4, -0.2) is 42.1 Å². The van der Waals surface area contributed by atoms with Crippen LogP contribution < -0.4 is 0 Å². The molecule has 0 aromatic heterocycles. The van der Waals surface area contributed by atoms with Gasteiger partial charge in [0.25, 0.3) is 0 Å². The van der Waals surface area contributed by atoms with Crippen LogP contribution >= 0.6 is 7.91 Å². The van der Waals surface area contributed by atoms with Crippen LogP contribution in [0, 0.1) is 0 Å². The zero-order valence-electron chi connectivity index (χ0n) is 3.41. The minimum atomic E-state index is -5.14. The van der Waals surface area contributed by atoms with E-state index >= 15 is 0 Å². The van der Waals surface area contributed by atoms with Crippen molar-refractivity contribution in [1.29, 1.82) is 0 Å². The Labute approximate surface area is 59.1 Å². The molecule has 0 aromatic carbocycles. The molecule has 0 spiro atoms. The summed E-state index contributed by atoms with van der Waals surface area (Å²) < 4.78 is 19.0. The second-order valence-electron chi connectivity index (χ2n) is 0.473. The van der Waals surface area contributed by atoms with Crippen LogP contribution in [-0.2, 0) is 4.57 Å². The summed E-state index contributed by atoms with van der Waals surface area (Å²) in [5, 5.41) is 0. The molecule has 0 aromatic rings. The van der Waals surface area contributed by atoms with Gasteiger partial charge in [-0.25, -0.2) is 4.57 Å². The number of hydrogen-bond acceptors (Lipinski definition) is 1. The van der Waals surface area contributed by atoms with Crippen molar-refractivity contribution in [2.45, 2.75) is 0 Å². The zero-order chi connectivity index (χ0) is 4.50. The molecule has 0 rings (SSSR count). The van der Waals surface area contributed by atoms with E-state index in [0.717, 1.165) is 0 Å². The Balaban J connectivity index is -0.0000000800. The first-order chi connectivity index (χ1) is 2.00. The van der Waals surface area contributed by atoms with Gasteiger partial charge in [0, 0.05) is 8.41 Å². The monoisotopic (exact) mass is 233 g/mol. The molecule has 0 fully saturated rings. The summed E-state index contributed by atoms with van der Waals surface area (Å²) in [7, 11) is -5.14. The number of halogens is 1. The summed E-state index contributed by atoms with van der Waals surface area (Å²) in [6.07, 6.45) is 0. The van der Waals surface area contributed by atoms with Crippen LogP contribution in [0.25, 0.3) is 0 Å². The molecule has 0 bridgehead atoms. The van der Waals surface area contributed by atoms with Gasteiger partial charge in [0.15, 0.2) is 0 Å². The van der Waals surface area contributed by atoms with Crippen LogP contribution in [0.1, 0.15) is 0 Å². The molecule has 0 aliphatic rings. The third-order valence-corrected chi connectivity index (χ3v) is 0. The van der Waals surface area contributed by atoms with E-state index in [0.29, 0.717) is 0 Å². The Morgan fingerprint density at radius 1 is 1.43 bits per heavy atom. The van der Waals surface area contributed by atoms with Crippen molar-refractivity contribution in [3.63, 3.8) is 0 Å². The van der Waals surface area contributed by atoms with Crippen molar-refractivity contribution in [2.24, 2.45) is 0 Å². The van der Waals surface area contributed by atoms with Gasteiger partial charge in [0.1, 0.15) is 0 Å². The van der Waals surface area contributed by atoms with Gasteiger partial charge in [0.05, 0.1) is 0 Å². The third-order valence-electron chi connectivity index (χ3n) is 0. The van der Waals surface area contributed by atoms with Crippen molar-refractivity contribution < 1.29 is 18.5 Å². The first-order valence-corrected chi connectivity index (χ1v) is 2.25. The van der Waals surface area contributed by atoms with Gasteiger partial charge >= 0.3 is 31.8 Å². The fraction of sp³-hybridized carbons (Fsp3) is 0. The van der Waals surface area contributed by atoms with E-state index in [2.05, 4.69) is 0 Å². The molecular weight excluding hydrogens is 227 g/mol. The van der Waals surface area contributed by atoms with Crippen LogP contribution in [0.3, 0.4) is 0 Å². The predicted octanol–water partition coefficient (Wildman–Crippen LogP) is -1.25. The molecule has 0 unspecified atom stereocenters. The molecular formula is H4BFO3PSn. The van der Waals surface area contributed by atoms with Gasteiger partial charge in [-0.15, -0.1) is 4.20 Å². The molecule has 5 radical (unpaired) electrons. The SMILES string of the molecule is O=P(O)(O)F.[B].[SnH2]. The average molecular weight is 232 g/mol. The van der Waals surface area contributed by atoms with Crippen LogP contribution in [0.2, 0.25) is 0 Å². The number of hydrogen-bond donors (Lipinski definition) is 2. The van der Waals surface area contributed by atoms with Gasteiger partial charge in [-0.1, -0.05) is 0 Å². The van der Waals surface area contributed by atoms with Crippen molar-refractivity contribution in [2.75, 3.05) is 0 Å². The minimum absolute atomic E-state index is 0. The van der Waals surface area contributed by atoms with Gasteiger partial charge in [-0.3, -0.25) is 9.79 Å². The first kappa shape index (κ1) is 15.7. The van der Waals surface area contributed by atoms with E-state index in [1.165, 1.54) is 0 Å². The van der Waals surface area contributed by atoms with Crippen molar-refractivity contribution in [1.82, 2.24) is 0 Å². The van der Waals surface area contributed by atoms with Crippen molar-refractivity contribution in [3.05, 3.63) is 0 Å². The molecule has 41 valence electrons. The van der Waals surface area contributed by atoms with Gasteiger partial charge in [0.2, 0.25) is 0 Å². The fourth-order valence-electron chi connectivity index (χ4n) is 0. The van der Waals surface area contributed by atoms with E-state index in [1.807, 2.05) is 0 Å². The summed E-state index contributed by atoms with van der Waals surface area (Å²) in [6.45, 7) is 0. The van der Waals surface area contributed by atoms with Crippen molar-refractivity contribution >= 4 is 40.2 Å². The Morgan fingerprint density at radius 2 is 1.43 bits per heavy atom. The molecule has 2 N–H and O–H groups in total. The molecule has 7 heteroatoms. The van der Waals surface area contributed by atoms with E-state index < -0.39 is 7.91 Å². The predicted molar refractivity (Wildman–Crippen MR) is 27.5 cm³/mol. The third kappa shape index (κ3) is 191. The first-order valence-electron chi connectivity index (χ1n) is 0.752. The molecule has 0 amide bonds. The molecule has 0 atom stereocenters. The Hall–Kier alpha value is 0.944.